The van der Waals surface area contributed by atoms with Gasteiger partial charge in [-0.1, -0.05) is 0 Å². The van der Waals surface area contributed by atoms with E-state index in [9.17, 15) is 0 Å². The normalized spacial score (nSPS) is 28.3. The molecular weight excluding hydrogens is 134 g/mol. The highest BCUT2D eigenvalue weighted by atomic mass is 15.2. The van der Waals surface area contributed by atoms with Gasteiger partial charge in [0.1, 0.15) is 0 Å². The monoisotopic (exact) mass is 149 g/mol. The topological polar surface area (TPSA) is 3.24 Å². The zero-order chi connectivity index (χ0) is 7.68. The Morgan fingerprint density at radius 2 is 1.73 bits per heavy atom. The Morgan fingerprint density at radius 3 is 2.18 bits per heavy atom. The minimum absolute atomic E-state index is 0.574. The summed E-state index contributed by atoms with van der Waals surface area (Å²) in [5.74, 6) is 3.43. The minimum Gasteiger partial charge on any atom is -0.300 e. The molecule has 1 nitrogen and oxygen atoms in total. The highest BCUT2D eigenvalue weighted by Crippen LogP contribution is 2.30. The summed E-state index contributed by atoms with van der Waals surface area (Å²) in [7, 11) is 0. The molecule has 0 radical (unpaired) electrons. The Bertz CT molecular complexity index is 168. The van der Waals surface area contributed by atoms with E-state index in [1.807, 2.05) is 0 Å². The van der Waals surface area contributed by atoms with Crippen molar-refractivity contribution < 1.29 is 0 Å². The van der Waals surface area contributed by atoms with Crippen LogP contribution in [0.4, 0.5) is 0 Å². The zero-order valence-electron chi connectivity index (χ0n) is 6.92. The fraction of sp³-hybridized carbons (Fsp3) is 0.800. The Hall–Kier alpha value is -0.480. The van der Waals surface area contributed by atoms with Gasteiger partial charge in [-0.3, -0.25) is 0 Å². The first-order valence-electron chi connectivity index (χ1n) is 4.60. The van der Waals surface area contributed by atoms with Crippen LogP contribution in [0.15, 0.2) is 0 Å². The quantitative estimate of drug-likeness (QED) is 0.511. The van der Waals surface area contributed by atoms with E-state index in [0.29, 0.717) is 5.92 Å². The average Bonchev–Trinajstić information content (AvgIpc) is 2.87. The van der Waals surface area contributed by atoms with Crippen LogP contribution in [-0.2, 0) is 0 Å². The summed E-state index contributed by atoms with van der Waals surface area (Å²) in [6.45, 7) is 2.50. The van der Waals surface area contributed by atoms with Gasteiger partial charge in [-0.2, -0.15) is 0 Å². The third-order valence-electron chi connectivity index (χ3n) is 2.83. The molecule has 0 N–H and O–H groups in total. The fourth-order valence-corrected chi connectivity index (χ4v) is 1.87. The molecule has 0 spiro atoms. The summed E-state index contributed by atoms with van der Waals surface area (Å²) >= 11 is 0. The van der Waals surface area contributed by atoms with Gasteiger partial charge in [0.25, 0.3) is 0 Å². The van der Waals surface area contributed by atoms with Crippen LogP contribution in [0.25, 0.3) is 0 Å². The van der Waals surface area contributed by atoms with Crippen molar-refractivity contribution in [2.24, 2.45) is 5.92 Å². The van der Waals surface area contributed by atoms with Gasteiger partial charge < -0.3 is 4.90 Å². The molecule has 60 valence electrons. The molecule has 0 bridgehead atoms. The lowest BCUT2D eigenvalue weighted by Crippen LogP contribution is -2.34. The van der Waals surface area contributed by atoms with E-state index < -0.39 is 0 Å². The summed E-state index contributed by atoms with van der Waals surface area (Å²) in [6, 6.07) is 0.939. The first kappa shape index (κ1) is 7.18. The van der Waals surface area contributed by atoms with E-state index in [1.165, 1.54) is 38.8 Å². The van der Waals surface area contributed by atoms with Crippen molar-refractivity contribution >= 4 is 0 Å². The van der Waals surface area contributed by atoms with Crippen molar-refractivity contribution in [1.29, 1.82) is 0 Å². The third kappa shape index (κ3) is 1.57. The van der Waals surface area contributed by atoms with Crippen molar-refractivity contribution in [3.05, 3.63) is 0 Å². The first-order chi connectivity index (χ1) is 5.40. The molecule has 1 saturated carbocycles. The number of nitrogens with zero attached hydrogens (tertiary/aromatic N) is 1. The second-order valence-corrected chi connectivity index (χ2v) is 3.71. The highest BCUT2D eigenvalue weighted by molar-refractivity contribution is 4.97. The molecule has 0 aromatic carbocycles. The molecule has 1 aliphatic heterocycles. The molecule has 0 aromatic heterocycles. The number of piperidine rings is 1. The average molecular weight is 149 g/mol. The van der Waals surface area contributed by atoms with Crippen LogP contribution in [0.2, 0.25) is 0 Å². The van der Waals surface area contributed by atoms with Gasteiger partial charge in [-0.15, -0.1) is 12.3 Å². The summed E-state index contributed by atoms with van der Waals surface area (Å²) in [5.41, 5.74) is 0. The Kier molecular flexibility index (Phi) is 1.87. The van der Waals surface area contributed by atoms with Gasteiger partial charge in [0, 0.05) is 12.0 Å². The van der Waals surface area contributed by atoms with Gasteiger partial charge in [0.05, 0.1) is 0 Å². The van der Waals surface area contributed by atoms with Crippen molar-refractivity contribution in [2.75, 3.05) is 13.1 Å². The lowest BCUT2D eigenvalue weighted by Gasteiger charge is -2.29. The van der Waals surface area contributed by atoms with E-state index in [-0.39, 0.29) is 0 Å². The number of hydrogen-bond acceptors (Lipinski definition) is 1. The van der Waals surface area contributed by atoms with E-state index in [2.05, 4.69) is 10.8 Å². The maximum Gasteiger partial charge on any atom is 0.0224 e. The summed E-state index contributed by atoms with van der Waals surface area (Å²) in [5, 5.41) is 0. The molecule has 1 heteroatoms. The fourth-order valence-electron chi connectivity index (χ4n) is 1.87. The zero-order valence-corrected chi connectivity index (χ0v) is 6.92. The van der Waals surface area contributed by atoms with E-state index >= 15 is 0 Å². The highest BCUT2D eigenvalue weighted by Gasteiger charge is 2.31. The Morgan fingerprint density at radius 1 is 1.09 bits per heavy atom. The summed E-state index contributed by atoms with van der Waals surface area (Å²) in [4.78, 5) is 2.60. The van der Waals surface area contributed by atoms with E-state index in [4.69, 9.17) is 6.42 Å². The molecule has 1 aliphatic carbocycles. The van der Waals surface area contributed by atoms with Crippen molar-refractivity contribution in [2.45, 2.75) is 31.7 Å². The van der Waals surface area contributed by atoms with E-state index in [1.54, 1.807) is 0 Å². The van der Waals surface area contributed by atoms with Gasteiger partial charge >= 0.3 is 0 Å². The smallest absolute Gasteiger partial charge is 0.0224 e. The van der Waals surface area contributed by atoms with Crippen molar-refractivity contribution in [1.82, 2.24) is 4.90 Å². The molecule has 2 fully saturated rings. The van der Waals surface area contributed by atoms with Crippen LogP contribution >= 0.6 is 0 Å². The molecule has 0 amide bonds. The molecule has 2 aliphatic rings. The molecule has 0 unspecified atom stereocenters. The van der Waals surface area contributed by atoms with Crippen LogP contribution in [0, 0.1) is 18.3 Å². The predicted molar refractivity (Wildman–Crippen MR) is 46.2 cm³/mol. The third-order valence-corrected chi connectivity index (χ3v) is 2.83. The maximum atomic E-state index is 5.37. The maximum absolute atomic E-state index is 5.37. The van der Waals surface area contributed by atoms with Crippen molar-refractivity contribution in [3.8, 4) is 12.3 Å². The summed E-state index contributed by atoms with van der Waals surface area (Å²) in [6.07, 6.45) is 10.7. The molecule has 1 heterocycles. The van der Waals surface area contributed by atoms with Gasteiger partial charge in [0.2, 0.25) is 0 Å². The molecule has 0 aromatic rings. The van der Waals surface area contributed by atoms with Crippen LogP contribution in [0.5, 0.6) is 0 Å². The second kappa shape index (κ2) is 2.87. The molecule has 1 saturated heterocycles. The molecule has 11 heavy (non-hydrogen) atoms. The van der Waals surface area contributed by atoms with Gasteiger partial charge in [-0.25, -0.2) is 0 Å². The van der Waals surface area contributed by atoms with Crippen molar-refractivity contribution in [3.63, 3.8) is 0 Å². The predicted octanol–water partition coefficient (Wildman–Crippen LogP) is 1.49. The second-order valence-electron chi connectivity index (χ2n) is 3.71. The van der Waals surface area contributed by atoms with E-state index in [0.717, 1.165) is 6.04 Å². The lowest BCUT2D eigenvalue weighted by atomic mass is 9.98. The molecule has 2 rings (SSSR count). The van der Waals surface area contributed by atoms with Crippen LogP contribution in [0.3, 0.4) is 0 Å². The first-order valence-corrected chi connectivity index (χ1v) is 4.60. The Balaban J connectivity index is 1.80. The summed E-state index contributed by atoms with van der Waals surface area (Å²) < 4.78 is 0. The van der Waals surface area contributed by atoms with Gasteiger partial charge in [-0.05, 0) is 38.8 Å². The lowest BCUT2D eigenvalue weighted by molar-refractivity contribution is 0.198. The van der Waals surface area contributed by atoms with Crippen LogP contribution < -0.4 is 0 Å². The van der Waals surface area contributed by atoms with Crippen LogP contribution in [-0.4, -0.2) is 24.0 Å². The number of likely N-dealkylation sites (tertiary alicyclic amines) is 1. The van der Waals surface area contributed by atoms with Gasteiger partial charge in [0.15, 0.2) is 0 Å². The SMILES string of the molecule is C#CC1CCN(C2CC2)CC1. The number of rotatable bonds is 1. The van der Waals surface area contributed by atoms with Crippen LogP contribution in [0.1, 0.15) is 25.7 Å². The molecular formula is C10H15N. The number of hydrogen-bond donors (Lipinski definition) is 0. The Labute approximate surface area is 68.8 Å². The minimum atomic E-state index is 0.574. The molecule has 0 atom stereocenters. The largest absolute Gasteiger partial charge is 0.300 e. The standard InChI is InChI=1S/C10H15N/c1-2-9-5-7-11(8-6-9)10-3-4-10/h1,9-10H,3-8H2. The number of terminal acetylenes is 1.